The molecule has 1 aliphatic rings. The van der Waals surface area contributed by atoms with Crippen molar-refractivity contribution in [2.75, 3.05) is 18.8 Å². The summed E-state index contributed by atoms with van der Waals surface area (Å²) in [5.74, 6) is 0.397. The van der Waals surface area contributed by atoms with Crippen LogP contribution in [0.1, 0.15) is 45.2 Å². The highest BCUT2D eigenvalue weighted by Gasteiger charge is 2.30. The van der Waals surface area contributed by atoms with Crippen LogP contribution in [0.2, 0.25) is 5.02 Å². The molecule has 4 heterocycles. The Bertz CT molecular complexity index is 1710. The minimum Gasteiger partial charge on any atom is -0.444 e. The number of halogens is 1. The Morgan fingerprint density at radius 3 is 2.62 bits per heavy atom. The summed E-state index contributed by atoms with van der Waals surface area (Å²) in [6.45, 7) is 7.49. The maximum atomic E-state index is 12.6. The standard InChI is InChI=1S/C30H32ClN7O2/c1-30(2,3)40-29(39)36-14-11-22(12-15-36)38-28-25(27(32)33-18-34-28)26(35-38)20-8-9-24-19(16-20)10-13-37(24)17-21-6-4-5-7-23(21)31/h4-10,13,16,18,22H,11-12,14-15,17H2,1-3H3,(H2,32,33,34). The third-order valence-corrected chi connectivity index (χ3v) is 7.69. The highest BCUT2D eigenvalue weighted by molar-refractivity contribution is 6.31. The summed E-state index contributed by atoms with van der Waals surface area (Å²) >= 11 is 6.41. The van der Waals surface area contributed by atoms with Gasteiger partial charge in [-0.3, -0.25) is 0 Å². The number of amides is 1. The molecule has 0 bridgehead atoms. The molecule has 1 fully saturated rings. The van der Waals surface area contributed by atoms with Crippen molar-refractivity contribution >= 4 is 45.4 Å². The normalized spacial score (nSPS) is 14.8. The number of anilines is 1. The summed E-state index contributed by atoms with van der Waals surface area (Å²) in [6, 6.07) is 16.4. The third kappa shape index (κ3) is 4.97. The van der Waals surface area contributed by atoms with Crippen molar-refractivity contribution in [3.05, 3.63) is 71.6 Å². The first-order chi connectivity index (χ1) is 19.2. The summed E-state index contributed by atoms with van der Waals surface area (Å²) in [5, 5.41) is 7.63. The zero-order chi connectivity index (χ0) is 28.0. The molecule has 0 spiro atoms. The van der Waals surface area contributed by atoms with E-state index in [2.05, 4.69) is 45.0 Å². The van der Waals surface area contributed by atoms with Gasteiger partial charge in [0.2, 0.25) is 0 Å². The van der Waals surface area contributed by atoms with Crippen molar-refractivity contribution in [3.63, 3.8) is 0 Å². The minimum atomic E-state index is -0.522. The van der Waals surface area contributed by atoms with Crippen LogP contribution in [-0.2, 0) is 11.3 Å². The van der Waals surface area contributed by atoms with Gasteiger partial charge in [0.05, 0.1) is 11.4 Å². The maximum Gasteiger partial charge on any atom is 0.410 e. The first-order valence-electron chi connectivity index (χ1n) is 13.5. The molecule has 0 unspecified atom stereocenters. The zero-order valence-electron chi connectivity index (χ0n) is 22.8. The van der Waals surface area contributed by atoms with Gasteiger partial charge >= 0.3 is 6.09 Å². The first kappa shape index (κ1) is 26.1. The van der Waals surface area contributed by atoms with Crippen LogP contribution in [0.5, 0.6) is 0 Å². The van der Waals surface area contributed by atoms with E-state index in [1.807, 2.05) is 49.7 Å². The minimum absolute atomic E-state index is 0.0738. The maximum absolute atomic E-state index is 12.6. The number of aromatic nitrogens is 5. The summed E-state index contributed by atoms with van der Waals surface area (Å²) in [7, 11) is 0. The molecule has 0 atom stereocenters. The van der Waals surface area contributed by atoms with E-state index >= 15 is 0 Å². The van der Waals surface area contributed by atoms with E-state index in [0.29, 0.717) is 31.1 Å². The second-order valence-corrected chi connectivity index (χ2v) is 11.7. The van der Waals surface area contributed by atoms with Crippen LogP contribution in [0.25, 0.3) is 33.2 Å². The topological polar surface area (TPSA) is 104 Å². The lowest BCUT2D eigenvalue weighted by molar-refractivity contribution is 0.0186. The zero-order valence-corrected chi connectivity index (χ0v) is 23.6. The second-order valence-electron chi connectivity index (χ2n) is 11.3. The average molecular weight is 558 g/mol. The molecule has 206 valence electrons. The van der Waals surface area contributed by atoms with Gasteiger partial charge in [-0.1, -0.05) is 35.9 Å². The Kier molecular flexibility index (Phi) is 6.62. The number of carbonyl (C=O) groups excluding carboxylic acids is 1. The predicted octanol–water partition coefficient (Wildman–Crippen LogP) is 6.30. The Morgan fingerprint density at radius 1 is 1.10 bits per heavy atom. The Labute approximate surface area is 237 Å². The van der Waals surface area contributed by atoms with Crippen LogP contribution >= 0.6 is 11.6 Å². The highest BCUT2D eigenvalue weighted by Crippen LogP contribution is 2.35. The number of nitrogens with two attached hydrogens (primary N) is 1. The average Bonchev–Trinajstić information content (AvgIpc) is 3.51. The van der Waals surface area contributed by atoms with Crippen LogP contribution in [-0.4, -0.2) is 54.0 Å². The highest BCUT2D eigenvalue weighted by atomic mass is 35.5. The van der Waals surface area contributed by atoms with Crippen molar-refractivity contribution in [2.45, 2.75) is 51.8 Å². The molecular formula is C30H32ClN7O2. The van der Waals surface area contributed by atoms with E-state index in [-0.39, 0.29) is 12.1 Å². The van der Waals surface area contributed by atoms with Crippen molar-refractivity contribution in [2.24, 2.45) is 0 Å². The van der Waals surface area contributed by atoms with Gasteiger partial charge in [-0.2, -0.15) is 5.10 Å². The number of rotatable bonds is 4. The fourth-order valence-corrected chi connectivity index (χ4v) is 5.56. The lowest BCUT2D eigenvalue weighted by Gasteiger charge is -2.33. The number of piperidine rings is 1. The Hall–Kier alpha value is -4.11. The Balaban J connectivity index is 1.30. The molecule has 2 N–H and O–H groups in total. The van der Waals surface area contributed by atoms with Crippen LogP contribution in [0.15, 0.2) is 61.1 Å². The molecule has 5 aromatic rings. The molecule has 9 nitrogen and oxygen atoms in total. The molecule has 0 aliphatic carbocycles. The van der Waals surface area contributed by atoms with Gasteiger partial charge in [0, 0.05) is 47.3 Å². The SMILES string of the molecule is CC(C)(C)OC(=O)N1CCC(n2nc(-c3ccc4c(ccn4Cc4ccccc4Cl)c3)c3c(N)ncnc32)CC1. The van der Waals surface area contributed by atoms with Gasteiger partial charge in [0.1, 0.15) is 23.4 Å². The molecule has 1 aliphatic heterocycles. The number of nitrogen functional groups attached to an aromatic ring is 1. The second kappa shape index (κ2) is 10.1. The molecule has 1 saturated heterocycles. The predicted molar refractivity (Wildman–Crippen MR) is 157 cm³/mol. The van der Waals surface area contributed by atoms with E-state index < -0.39 is 5.60 Å². The third-order valence-electron chi connectivity index (χ3n) is 7.32. The van der Waals surface area contributed by atoms with Crippen LogP contribution < -0.4 is 5.73 Å². The summed E-state index contributed by atoms with van der Waals surface area (Å²) in [6.07, 6.45) is 4.75. The van der Waals surface area contributed by atoms with E-state index in [1.54, 1.807) is 4.90 Å². The summed E-state index contributed by atoms with van der Waals surface area (Å²) < 4.78 is 9.71. The smallest absolute Gasteiger partial charge is 0.410 e. The van der Waals surface area contributed by atoms with Crippen molar-refractivity contribution in [1.29, 1.82) is 0 Å². The number of likely N-dealkylation sites (tertiary alicyclic amines) is 1. The molecular weight excluding hydrogens is 526 g/mol. The molecule has 10 heteroatoms. The van der Waals surface area contributed by atoms with Gasteiger partial charge in [0.15, 0.2) is 5.65 Å². The van der Waals surface area contributed by atoms with Crippen molar-refractivity contribution in [1.82, 2.24) is 29.2 Å². The number of hydrogen-bond donors (Lipinski definition) is 1. The van der Waals surface area contributed by atoms with Crippen molar-refractivity contribution < 1.29 is 9.53 Å². The monoisotopic (exact) mass is 557 g/mol. The quantitative estimate of drug-likeness (QED) is 0.278. The molecule has 2 aromatic carbocycles. The lowest BCUT2D eigenvalue weighted by atomic mass is 10.1. The number of carbonyl (C=O) groups is 1. The van der Waals surface area contributed by atoms with E-state index in [1.165, 1.54) is 6.33 Å². The number of ether oxygens (including phenoxy) is 1. The van der Waals surface area contributed by atoms with Crippen molar-refractivity contribution in [3.8, 4) is 11.3 Å². The molecule has 3 aromatic heterocycles. The number of fused-ring (bicyclic) bond motifs is 2. The molecule has 1 amide bonds. The fraction of sp³-hybridized carbons (Fsp3) is 0.333. The van der Waals surface area contributed by atoms with Crippen LogP contribution in [0.4, 0.5) is 10.6 Å². The van der Waals surface area contributed by atoms with Crippen LogP contribution in [0, 0.1) is 0 Å². The van der Waals surface area contributed by atoms with E-state index in [0.717, 1.165) is 51.0 Å². The summed E-state index contributed by atoms with van der Waals surface area (Å²) in [5.41, 5.74) is 10.4. The van der Waals surface area contributed by atoms with Gasteiger partial charge in [-0.15, -0.1) is 0 Å². The molecule has 40 heavy (non-hydrogen) atoms. The number of benzene rings is 2. The van der Waals surface area contributed by atoms with Gasteiger partial charge in [-0.05, 0) is 63.4 Å². The van der Waals surface area contributed by atoms with Gasteiger partial charge in [-0.25, -0.2) is 19.4 Å². The molecule has 0 radical (unpaired) electrons. The first-order valence-corrected chi connectivity index (χ1v) is 13.8. The van der Waals surface area contributed by atoms with Crippen LogP contribution in [0.3, 0.4) is 0 Å². The van der Waals surface area contributed by atoms with Gasteiger partial charge in [0.25, 0.3) is 0 Å². The summed E-state index contributed by atoms with van der Waals surface area (Å²) in [4.78, 5) is 23.2. The molecule has 0 saturated carbocycles. The lowest BCUT2D eigenvalue weighted by Crippen LogP contribution is -2.42. The number of hydrogen-bond acceptors (Lipinski definition) is 6. The van der Waals surface area contributed by atoms with Gasteiger partial charge < -0.3 is 19.9 Å². The molecule has 6 rings (SSSR count). The number of nitrogens with zero attached hydrogens (tertiary/aromatic N) is 6. The van der Waals surface area contributed by atoms with E-state index in [9.17, 15) is 4.79 Å². The fourth-order valence-electron chi connectivity index (χ4n) is 5.37. The van der Waals surface area contributed by atoms with E-state index in [4.69, 9.17) is 27.2 Å². The Morgan fingerprint density at radius 2 is 1.88 bits per heavy atom. The largest absolute Gasteiger partial charge is 0.444 e.